The van der Waals surface area contributed by atoms with Gasteiger partial charge in [0, 0.05) is 0 Å². The Morgan fingerprint density at radius 2 is 1.80 bits per heavy atom. The summed E-state index contributed by atoms with van der Waals surface area (Å²) >= 11 is 0. The van der Waals surface area contributed by atoms with Crippen LogP contribution < -0.4 is 5.32 Å². The van der Waals surface area contributed by atoms with Gasteiger partial charge < -0.3 is 0 Å². The topological polar surface area (TPSA) is 15.0 Å². The van der Waals surface area contributed by atoms with Crippen molar-refractivity contribution in [2.45, 2.75) is 84.1 Å². The smallest absolute Gasteiger partial charge is 0.232 e. The van der Waals surface area contributed by atoms with Crippen molar-refractivity contribution in [2.75, 3.05) is 13.1 Å². The quantitative estimate of drug-likeness (QED) is 0.334. The second kappa shape index (κ2) is 10.0. The van der Waals surface area contributed by atoms with E-state index in [0.29, 0.717) is 0 Å². The lowest BCUT2D eigenvalue weighted by molar-refractivity contribution is -0.586. The number of allylic oxidation sites excluding steroid dienone is 1. The highest BCUT2D eigenvalue weighted by Gasteiger charge is 2.34. The second-order valence-electron chi connectivity index (χ2n) is 6.13. The number of nitrogens with one attached hydrogen (secondary N) is 1. The first-order chi connectivity index (χ1) is 9.79. The molecule has 0 spiro atoms. The van der Waals surface area contributed by atoms with Crippen molar-refractivity contribution in [3.63, 3.8) is 0 Å². The minimum atomic E-state index is 0.262. The molecule has 0 aromatic carbocycles. The Hall–Kier alpha value is -0.790. The van der Waals surface area contributed by atoms with Crippen LogP contribution in [0.5, 0.6) is 0 Å². The van der Waals surface area contributed by atoms with Crippen LogP contribution in [0.2, 0.25) is 0 Å². The molecule has 0 bridgehead atoms. The van der Waals surface area contributed by atoms with Crippen LogP contribution in [0.25, 0.3) is 0 Å². The Morgan fingerprint density at radius 3 is 2.35 bits per heavy atom. The van der Waals surface area contributed by atoms with Crippen molar-refractivity contribution in [1.29, 1.82) is 0 Å². The molecule has 1 N–H and O–H groups in total. The minimum Gasteiger partial charge on any atom is -0.277 e. The van der Waals surface area contributed by atoms with Crippen LogP contribution in [0.4, 0.5) is 0 Å². The molecular formula is C18H35N2+. The molecular weight excluding hydrogens is 244 g/mol. The van der Waals surface area contributed by atoms with Gasteiger partial charge in [0.1, 0.15) is 18.6 Å². The van der Waals surface area contributed by atoms with E-state index in [1.165, 1.54) is 57.8 Å². The van der Waals surface area contributed by atoms with E-state index in [2.05, 4.69) is 49.2 Å². The predicted octanol–water partition coefficient (Wildman–Crippen LogP) is 4.50. The third kappa shape index (κ3) is 5.30. The average Bonchev–Trinajstić information content (AvgIpc) is 2.97. The lowest BCUT2D eigenvalue weighted by Gasteiger charge is -2.29. The van der Waals surface area contributed by atoms with Gasteiger partial charge in [0.2, 0.25) is 6.34 Å². The summed E-state index contributed by atoms with van der Waals surface area (Å²) < 4.78 is 2.54. The highest BCUT2D eigenvalue weighted by atomic mass is 15.2. The van der Waals surface area contributed by atoms with Gasteiger partial charge in [0.25, 0.3) is 0 Å². The van der Waals surface area contributed by atoms with Gasteiger partial charge in [0.05, 0.1) is 0 Å². The monoisotopic (exact) mass is 279 g/mol. The number of rotatable bonds is 11. The summed E-state index contributed by atoms with van der Waals surface area (Å²) in [6, 6.07) is 0. The second-order valence-corrected chi connectivity index (χ2v) is 6.13. The fourth-order valence-electron chi connectivity index (χ4n) is 3.31. The Morgan fingerprint density at radius 1 is 1.05 bits per heavy atom. The Bertz CT molecular complexity index is 299. The molecule has 0 unspecified atom stereocenters. The third-order valence-corrected chi connectivity index (χ3v) is 4.33. The van der Waals surface area contributed by atoms with Crippen molar-refractivity contribution in [1.82, 2.24) is 5.32 Å². The van der Waals surface area contributed by atoms with Crippen LogP contribution in [-0.2, 0) is 0 Å². The summed E-state index contributed by atoms with van der Waals surface area (Å²) in [5.41, 5.74) is 0.262. The minimum absolute atomic E-state index is 0.262. The van der Waals surface area contributed by atoms with Gasteiger partial charge in [-0.25, -0.2) is 0 Å². The van der Waals surface area contributed by atoms with Crippen LogP contribution in [-0.4, -0.2) is 29.5 Å². The molecule has 0 fully saturated rings. The van der Waals surface area contributed by atoms with Crippen molar-refractivity contribution in [3.05, 3.63) is 12.2 Å². The first-order valence-electron chi connectivity index (χ1n) is 8.80. The molecule has 1 aliphatic heterocycles. The highest BCUT2D eigenvalue weighted by Crippen LogP contribution is 2.27. The fourth-order valence-corrected chi connectivity index (χ4v) is 3.31. The van der Waals surface area contributed by atoms with Crippen molar-refractivity contribution < 1.29 is 4.58 Å². The summed E-state index contributed by atoms with van der Waals surface area (Å²) in [7, 11) is 0. The van der Waals surface area contributed by atoms with E-state index in [1.54, 1.807) is 0 Å². The lowest BCUT2D eigenvalue weighted by Crippen LogP contribution is -2.40. The SMILES string of the molecule is CCCCCCC=CC(CCC)(CCC)[N+]1=CNCC1. The van der Waals surface area contributed by atoms with Crippen LogP contribution in [0.1, 0.15) is 78.6 Å². The maximum atomic E-state index is 3.38. The summed E-state index contributed by atoms with van der Waals surface area (Å²) in [4.78, 5) is 0. The van der Waals surface area contributed by atoms with Crippen molar-refractivity contribution in [3.8, 4) is 0 Å². The molecule has 0 aliphatic carbocycles. The van der Waals surface area contributed by atoms with E-state index >= 15 is 0 Å². The summed E-state index contributed by atoms with van der Waals surface area (Å²) in [5.74, 6) is 0. The lowest BCUT2D eigenvalue weighted by atomic mass is 9.87. The number of unbranched alkanes of at least 4 members (excludes halogenated alkanes) is 4. The van der Waals surface area contributed by atoms with Gasteiger partial charge in [0.15, 0.2) is 0 Å². The van der Waals surface area contributed by atoms with E-state index in [9.17, 15) is 0 Å². The number of hydrogen-bond donors (Lipinski definition) is 1. The molecule has 0 aromatic heterocycles. The van der Waals surface area contributed by atoms with Crippen LogP contribution >= 0.6 is 0 Å². The number of hydrogen-bond acceptors (Lipinski definition) is 1. The van der Waals surface area contributed by atoms with E-state index in [0.717, 1.165) is 13.1 Å². The van der Waals surface area contributed by atoms with Gasteiger partial charge in [-0.3, -0.25) is 9.89 Å². The Labute approximate surface area is 126 Å². The summed E-state index contributed by atoms with van der Waals surface area (Å²) in [5, 5.41) is 3.38. The van der Waals surface area contributed by atoms with Gasteiger partial charge in [-0.1, -0.05) is 59.0 Å². The standard InChI is InChI=1S/C18H34N2/c1-4-7-8-9-10-11-14-18(12-5-2,13-6-3)20-16-15-19-17-20/h11,14,17H,4-10,12-13,15-16H2,1-3H3/p+1. The third-order valence-electron chi connectivity index (χ3n) is 4.33. The molecule has 0 aromatic rings. The van der Waals surface area contributed by atoms with Crippen LogP contribution in [0, 0.1) is 0 Å². The molecule has 0 atom stereocenters. The van der Waals surface area contributed by atoms with Gasteiger partial charge in [-0.2, -0.15) is 0 Å². The Kier molecular flexibility index (Phi) is 8.64. The van der Waals surface area contributed by atoms with E-state index in [-0.39, 0.29) is 5.54 Å². The zero-order chi connectivity index (χ0) is 14.7. The average molecular weight is 279 g/mol. The summed E-state index contributed by atoms with van der Waals surface area (Å²) in [6.45, 7) is 9.14. The normalized spacial score (nSPS) is 15.7. The zero-order valence-electron chi connectivity index (χ0n) is 14.0. The van der Waals surface area contributed by atoms with Crippen LogP contribution in [0.15, 0.2) is 12.2 Å². The van der Waals surface area contributed by atoms with Gasteiger partial charge in [-0.05, 0) is 31.8 Å². The van der Waals surface area contributed by atoms with Gasteiger partial charge >= 0.3 is 0 Å². The molecule has 0 amide bonds. The van der Waals surface area contributed by atoms with E-state index in [4.69, 9.17) is 0 Å². The first kappa shape index (κ1) is 17.3. The van der Waals surface area contributed by atoms with Crippen molar-refractivity contribution >= 4 is 6.34 Å². The van der Waals surface area contributed by atoms with Crippen LogP contribution in [0.3, 0.4) is 0 Å². The van der Waals surface area contributed by atoms with Gasteiger partial charge in [-0.15, -0.1) is 0 Å². The zero-order valence-corrected chi connectivity index (χ0v) is 14.0. The molecule has 1 heterocycles. The highest BCUT2D eigenvalue weighted by molar-refractivity contribution is 5.50. The van der Waals surface area contributed by atoms with Crippen molar-refractivity contribution in [2.24, 2.45) is 0 Å². The van der Waals surface area contributed by atoms with E-state index in [1.807, 2.05) is 0 Å². The number of nitrogens with zero attached hydrogens (tertiary/aromatic N) is 1. The predicted molar refractivity (Wildman–Crippen MR) is 89.6 cm³/mol. The maximum Gasteiger partial charge on any atom is 0.232 e. The molecule has 2 heteroatoms. The molecule has 1 rings (SSSR count). The molecule has 0 radical (unpaired) electrons. The fraction of sp³-hybridized carbons (Fsp3) is 0.833. The first-order valence-corrected chi connectivity index (χ1v) is 8.80. The molecule has 116 valence electrons. The molecule has 20 heavy (non-hydrogen) atoms. The molecule has 0 saturated carbocycles. The van der Waals surface area contributed by atoms with E-state index < -0.39 is 0 Å². The Balaban J connectivity index is 2.62. The largest absolute Gasteiger partial charge is 0.277 e. The molecule has 1 aliphatic rings. The molecule has 0 saturated heterocycles. The molecule has 2 nitrogen and oxygen atoms in total. The maximum absolute atomic E-state index is 3.38. The summed E-state index contributed by atoms with van der Waals surface area (Å²) in [6.07, 6.45) is 18.9.